The minimum Gasteiger partial charge on any atom is -0.497 e. The molecule has 0 N–H and O–H groups in total. The second-order valence-electron chi connectivity index (χ2n) is 6.24. The SMILES string of the molecule is CCN(CC)CCCC(=O)c1ccccc1Cc1ccc(OC)cc1. The summed E-state index contributed by atoms with van der Waals surface area (Å²) in [5, 5.41) is 0. The predicted molar refractivity (Wildman–Crippen MR) is 104 cm³/mol. The maximum Gasteiger partial charge on any atom is 0.163 e. The molecule has 0 heterocycles. The molecule has 2 aromatic rings. The Morgan fingerprint density at radius 3 is 2.32 bits per heavy atom. The minimum absolute atomic E-state index is 0.247. The van der Waals surface area contributed by atoms with Crippen LogP contribution in [0.4, 0.5) is 0 Å². The van der Waals surface area contributed by atoms with E-state index in [0.29, 0.717) is 6.42 Å². The van der Waals surface area contributed by atoms with Gasteiger partial charge in [-0.2, -0.15) is 0 Å². The number of hydrogen-bond acceptors (Lipinski definition) is 3. The number of rotatable bonds is 10. The predicted octanol–water partition coefficient (Wildman–Crippen LogP) is 4.59. The van der Waals surface area contributed by atoms with E-state index in [1.165, 1.54) is 5.56 Å². The highest BCUT2D eigenvalue weighted by molar-refractivity contribution is 5.97. The third-order valence-corrected chi connectivity index (χ3v) is 4.64. The topological polar surface area (TPSA) is 29.5 Å². The molecule has 134 valence electrons. The Hall–Kier alpha value is -2.13. The number of methoxy groups -OCH3 is 1. The van der Waals surface area contributed by atoms with Crippen molar-refractivity contribution in [3.63, 3.8) is 0 Å². The fourth-order valence-corrected chi connectivity index (χ4v) is 3.05. The molecular formula is C22H29NO2. The van der Waals surface area contributed by atoms with E-state index in [0.717, 1.165) is 49.4 Å². The van der Waals surface area contributed by atoms with Gasteiger partial charge in [-0.05, 0) is 55.7 Å². The smallest absolute Gasteiger partial charge is 0.163 e. The Bertz CT molecular complexity index is 660. The lowest BCUT2D eigenvalue weighted by Gasteiger charge is -2.17. The molecule has 3 heteroatoms. The van der Waals surface area contributed by atoms with E-state index in [9.17, 15) is 4.79 Å². The van der Waals surface area contributed by atoms with E-state index in [1.807, 2.05) is 30.3 Å². The van der Waals surface area contributed by atoms with Crippen molar-refractivity contribution in [2.24, 2.45) is 0 Å². The van der Waals surface area contributed by atoms with E-state index >= 15 is 0 Å². The van der Waals surface area contributed by atoms with Crippen LogP contribution in [-0.2, 0) is 6.42 Å². The summed E-state index contributed by atoms with van der Waals surface area (Å²) in [6.07, 6.45) is 2.29. The molecule has 0 saturated heterocycles. The highest BCUT2D eigenvalue weighted by Crippen LogP contribution is 2.19. The van der Waals surface area contributed by atoms with Crippen molar-refractivity contribution in [1.29, 1.82) is 0 Å². The molecule has 0 aliphatic heterocycles. The van der Waals surface area contributed by atoms with Crippen LogP contribution in [0, 0.1) is 0 Å². The zero-order valence-corrected chi connectivity index (χ0v) is 15.6. The fraction of sp³-hybridized carbons (Fsp3) is 0.409. The summed E-state index contributed by atoms with van der Waals surface area (Å²) < 4.78 is 5.21. The van der Waals surface area contributed by atoms with Crippen molar-refractivity contribution >= 4 is 5.78 Å². The van der Waals surface area contributed by atoms with Crippen LogP contribution in [0.15, 0.2) is 48.5 Å². The van der Waals surface area contributed by atoms with Gasteiger partial charge in [0.2, 0.25) is 0 Å². The molecule has 0 aromatic heterocycles. The lowest BCUT2D eigenvalue weighted by molar-refractivity contribution is 0.0974. The number of ether oxygens (including phenoxy) is 1. The minimum atomic E-state index is 0.247. The van der Waals surface area contributed by atoms with E-state index in [1.54, 1.807) is 7.11 Å². The van der Waals surface area contributed by atoms with Gasteiger partial charge in [0.1, 0.15) is 5.75 Å². The van der Waals surface area contributed by atoms with Gasteiger partial charge >= 0.3 is 0 Å². The number of ketones is 1. The van der Waals surface area contributed by atoms with Gasteiger partial charge in [0.15, 0.2) is 5.78 Å². The first-order chi connectivity index (χ1) is 12.2. The highest BCUT2D eigenvalue weighted by Gasteiger charge is 2.12. The van der Waals surface area contributed by atoms with Gasteiger partial charge < -0.3 is 9.64 Å². The number of hydrogen-bond donors (Lipinski definition) is 0. The molecule has 0 aliphatic rings. The summed E-state index contributed by atoms with van der Waals surface area (Å²) in [6, 6.07) is 16.0. The Kier molecular flexibility index (Phi) is 7.68. The molecule has 0 bridgehead atoms. The van der Waals surface area contributed by atoms with Crippen LogP contribution in [0.5, 0.6) is 5.75 Å². The summed E-state index contributed by atoms with van der Waals surface area (Å²) in [6.45, 7) is 7.39. The molecule has 3 nitrogen and oxygen atoms in total. The Morgan fingerprint density at radius 2 is 1.68 bits per heavy atom. The number of carbonyl (C=O) groups excluding carboxylic acids is 1. The second kappa shape index (κ2) is 10.00. The number of carbonyl (C=O) groups is 1. The van der Waals surface area contributed by atoms with Gasteiger partial charge in [-0.25, -0.2) is 0 Å². The number of benzene rings is 2. The molecule has 0 unspecified atom stereocenters. The van der Waals surface area contributed by atoms with Gasteiger partial charge in [-0.15, -0.1) is 0 Å². The quantitative estimate of drug-likeness (QED) is 0.593. The average Bonchev–Trinajstić information content (AvgIpc) is 2.66. The Balaban J connectivity index is 2.02. The van der Waals surface area contributed by atoms with E-state index in [2.05, 4.69) is 36.9 Å². The molecule has 0 saturated carbocycles. The van der Waals surface area contributed by atoms with Gasteiger partial charge in [-0.3, -0.25) is 4.79 Å². The Labute approximate surface area is 151 Å². The first-order valence-electron chi connectivity index (χ1n) is 9.14. The molecular weight excluding hydrogens is 310 g/mol. The lowest BCUT2D eigenvalue weighted by atomic mass is 9.95. The third kappa shape index (κ3) is 5.71. The summed E-state index contributed by atoms with van der Waals surface area (Å²) >= 11 is 0. The largest absolute Gasteiger partial charge is 0.497 e. The monoisotopic (exact) mass is 339 g/mol. The molecule has 0 amide bonds. The van der Waals surface area contributed by atoms with Gasteiger partial charge in [0.05, 0.1) is 7.11 Å². The first kappa shape index (κ1) is 19.2. The maximum absolute atomic E-state index is 12.7. The first-order valence-corrected chi connectivity index (χ1v) is 9.14. The molecule has 25 heavy (non-hydrogen) atoms. The average molecular weight is 339 g/mol. The van der Waals surface area contributed by atoms with Crippen LogP contribution in [0.3, 0.4) is 0 Å². The zero-order chi connectivity index (χ0) is 18.1. The van der Waals surface area contributed by atoms with Crippen LogP contribution in [0.1, 0.15) is 48.2 Å². The fourth-order valence-electron chi connectivity index (χ4n) is 3.05. The number of Topliss-reactive ketones (excluding diaryl/α,β-unsaturated/α-hetero) is 1. The summed E-state index contributed by atoms with van der Waals surface area (Å²) in [5.74, 6) is 1.10. The van der Waals surface area contributed by atoms with Crippen LogP contribution >= 0.6 is 0 Å². The van der Waals surface area contributed by atoms with Crippen LogP contribution in [0.25, 0.3) is 0 Å². The molecule has 0 aliphatic carbocycles. The van der Waals surface area contributed by atoms with Crippen LogP contribution in [-0.4, -0.2) is 37.4 Å². The molecule has 2 rings (SSSR count). The van der Waals surface area contributed by atoms with Crippen LogP contribution < -0.4 is 4.74 Å². The van der Waals surface area contributed by atoms with E-state index in [4.69, 9.17) is 4.74 Å². The third-order valence-electron chi connectivity index (χ3n) is 4.64. The van der Waals surface area contributed by atoms with E-state index < -0.39 is 0 Å². The molecule has 0 fully saturated rings. The van der Waals surface area contributed by atoms with Crippen LogP contribution in [0.2, 0.25) is 0 Å². The zero-order valence-electron chi connectivity index (χ0n) is 15.6. The van der Waals surface area contributed by atoms with Crippen molar-refractivity contribution in [1.82, 2.24) is 4.90 Å². The van der Waals surface area contributed by atoms with Gasteiger partial charge in [0.25, 0.3) is 0 Å². The highest BCUT2D eigenvalue weighted by atomic mass is 16.5. The standard InChI is InChI=1S/C22H29NO2/c1-4-23(5-2)16-8-11-22(24)21-10-7-6-9-19(21)17-18-12-14-20(25-3)15-13-18/h6-7,9-10,12-15H,4-5,8,11,16-17H2,1-3H3. The van der Waals surface area contributed by atoms with Crippen molar-refractivity contribution in [3.8, 4) is 5.75 Å². The normalized spacial score (nSPS) is 10.9. The summed E-state index contributed by atoms with van der Waals surface area (Å²) in [4.78, 5) is 15.0. The van der Waals surface area contributed by atoms with Gasteiger partial charge in [-0.1, -0.05) is 50.2 Å². The summed E-state index contributed by atoms with van der Waals surface area (Å²) in [5.41, 5.74) is 3.14. The molecule has 0 radical (unpaired) electrons. The summed E-state index contributed by atoms with van der Waals surface area (Å²) in [7, 11) is 1.67. The number of nitrogens with zero attached hydrogens (tertiary/aromatic N) is 1. The van der Waals surface area contributed by atoms with Crippen molar-refractivity contribution < 1.29 is 9.53 Å². The molecule has 0 spiro atoms. The van der Waals surface area contributed by atoms with E-state index in [-0.39, 0.29) is 5.78 Å². The van der Waals surface area contributed by atoms with Crippen molar-refractivity contribution in [3.05, 3.63) is 65.2 Å². The van der Waals surface area contributed by atoms with Gasteiger partial charge in [0, 0.05) is 12.0 Å². The second-order valence-corrected chi connectivity index (χ2v) is 6.24. The van der Waals surface area contributed by atoms with Crippen molar-refractivity contribution in [2.75, 3.05) is 26.7 Å². The van der Waals surface area contributed by atoms with Crippen molar-refractivity contribution in [2.45, 2.75) is 33.1 Å². The maximum atomic E-state index is 12.7. The molecule has 2 aromatic carbocycles. The molecule has 0 atom stereocenters. The lowest BCUT2D eigenvalue weighted by Crippen LogP contribution is -2.24. The Morgan fingerprint density at radius 1 is 1.00 bits per heavy atom.